The normalized spacial score (nSPS) is 18.9. The molecule has 0 spiro atoms. The molecule has 2 aromatic rings. The second-order valence-electron chi connectivity index (χ2n) is 6.20. The van der Waals surface area contributed by atoms with Gasteiger partial charge >= 0.3 is 0 Å². The predicted molar refractivity (Wildman–Crippen MR) is 89.7 cm³/mol. The molecule has 0 aliphatic carbocycles. The van der Waals surface area contributed by atoms with Crippen molar-refractivity contribution in [2.75, 3.05) is 25.9 Å². The van der Waals surface area contributed by atoms with Crippen molar-refractivity contribution in [3.8, 4) is 0 Å². The Hall–Kier alpha value is -2.00. The fraction of sp³-hybridized carbons (Fsp3) is 0.533. The molecule has 8 nitrogen and oxygen atoms in total. The number of nitrogens with zero attached hydrogens (tertiary/aromatic N) is 4. The van der Waals surface area contributed by atoms with E-state index in [0.717, 1.165) is 30.1 Å². The van der Waals surface area contributed by atoms with E-state index in [-0.39, 0.29) is 18.4 Å². The van der Waals surface area contributed by atoms with Crippen LogP contribution in [0.2, 0.25) is 0 Å². The van der Waals surface area contributed by atoms with Gasteiger partial charge in [0.25, 0.3) is 0 Å². The lowest BCUT2D eigenvalue weighted by molar-refractivity contribution is -0.133. The number of fused-ring (bicyclic) bond motifs is 1. The van der Waals surface area contributed by atoms with Crippen LogP contribution in [-0.4, -0.2) is 60.1 Å². The Balaban J connectivity index is 1.62. The van der Waals surface area contributed by atoms with Gasteiger partial charge in [0.1, 0.15) is 12.1 Å². The number of hydrogen-bond donors (Lipinski definition) is 1. The van der Waals surface area contributed by atoms with Crippen molar-refractivity contribution in [1.82, 2.24) is 24.6 Å². The average molecular weight is 351 g/mol. The van der Waals surface area contributed by atoms with E-state index in [9.17, 15) is 13.2 Å². The quantitative estimate of drug-likeness (QED) is 0.831. The second-order valence-corrected chi connectivity index (χ2v) is 8.04. The molecule has 1 aliphatic rings. The number of likely N-dealkylation sites (tertiary alicyclic amines) is 1. The number of sulfonamides is 1. The zero-order valence-electron chi connectivity index (χ0n) is 13.6. The first-order valence-corrected chi connectivity index (χ1v) is 9.82. The molecule has 1 amide bonds. The summed E-state index contributed by atoms with van der Waals surface area (Å²) < 4.78 is 26.6. The number of piperidine rings is 1. The van der Waals surface area contributed by atoms with Crippen molar-refractivity contribution in [2.45, 2.75) is 19.4 Å². The summed E-state index contributed by atoms with van der Waals surface area (Å²) in [6.07, 6.45) is 2.94. The predicted octanol–water partition coefficient (Wildman–Crippen LogP) is 0.219. The Bertz CT molecular complexity index is 833. The molecule has 1 N–H and O–H groups in total. The first-order chi connectivity index (χ1) is 11.4. The molecule has 130 valence electrons. The van der Waals surface area contributed by atoms with E-state index in [1.54, 1.807) is 9.58 Å². The van der Waals surface area contributed by atoms with Crippen LogP contribution in [0.15, 0.2) is 24.3 Å². The van der Waals surface area contributed by atoms with E-state index in [4.69, 9.17) is 0 Å². The van der Waals surface area contributed by atoms with E-state index < -0.39 is 10.0 Å². The van der Waals surface area contributed by atoms with Gasteiger partial charge in [-0.2, -0.15) is 0 Å². The van der Waals surface area contributed by atoms with Gasteiger partial charge in [0, 0.05) is 19.6 Å². The standard InChI is InChI=1S/C15H21N5O3S/c1-24(22,23)16-9-12-5-4-8-19(10-12)15(21)11-20-14-7-3-2-6-13(14)17-18-20/h2-3,6-7,12,16H,4-5,8-11H2,1H3. The average Bonchev–Trinajstić information content (AvgIpc) is 2.96. The van der Waals surface area contributed by atoms with Crippen molar-refractivity contribution >= 4 is 27.0 Å². The van der Waals surface area contributed by atoms with Gasteiger partial charge in [0.2, 0.25) is 15.9 Å². The van der Waals surface area contributed by atoms with Crippen molar-refractivity contribution in [2.24, 2.45) is 5.92 Å². The van der Waals surface area contributed by atoms with Gasteiger partial charge in [0.05, 0.1) is 11.8 Å². The minimum Gasteiger partial charge on any atom is -0.341 e. The number of hydrogen-bond acceptors (Lipinski definition) is 5. The smallest absolute Gasteiger partial charge is 0.244 e. The van der Waals surface area contributed by atoms with Gasteiger partial charge in [-0.25, -0.2) is 17.8 Å². The highest BCUT2D eigenvalue weighted by Crippen LogP contribution is 2.17. The zero-order valence-corrected chi connectivity index (χ0v) is 14.4. The van der Waals surface area contributed by atoms with Crippen LogP contribution in [0.25, 0.3) is 11.0 Å². The number of benzene rings is 1. The minimum atomic E-state index is -3.20. The summed E-state index contributed by atoms with van der Waals surface area (Å²) in [4.78, 5) is 14.3. The van der Waals surface area contributed by atoms with E-state index in [2.05, 4.69) is 15.0 Å². The van der Waals surface area contributed by atoms with Gasteiger partial charge < -0.3 is 4.90 Å². The molecule has 1 aromatic heterocycles. The van der Waals surface area contributed by atoms with Gasteiger partial charge in [0.15, 0.2) is 0 Å². The third-order valence-corrected chi connectivity index (χ3v) is 4.90. The van der Waals surface area contributed by atoms with E-state index >= 15 is 0 Å². The lowest BCUT2D eigenvalue weighted by atomic mass is 9.98. The number of carbonyl (C=O) groups excluding carboxylic acids is 1. The van der Waals surface area contributed by atoms with Crippen molar-refractivity contribution in [1.29, 1.82) is 0 Å². The Morgan fingerprint density at radius 1 is 1.38 bits per heavy atom. The van der Waals surface area contributed by atoms with Crippen molar-refractivity contribution in [3.63, 3.8) is 0 Å². The molecule has 24 heavy (non-hydrogen) atoms. The molecule has 1 aliphatic heterocycles. The highest BCUT2D eigenvalue weighted by atomic mass is 32.2. The Kier molecular flexibility index (Phi) is 4.81. The SMILES string of the molecule is CS(=O)(=O)NCC1CCCN(C(=O)Cn2nnc3ccccc32)C1. The van der Waals surface area contributed by atoms with Gasteiger partial charge in [-0.15, -0.1) is 5.10 Å². The zero-order chi connectivity index (χ0) is 17.2. The fourth-order valence-corrected chi connectivity index (χ4v) is 3.53. The van der Waals surface area contributed by atoms with E-state index in [1.165, 1.54) is 0 Å². The summed E-state index contributed by atoms with van der Waals surface area (Å²) in [5.41, 5.74) is 1.59. The van der Waals surface area contributed by atoms with Gasteiger partial charge in [-0.1, -0.05) is 17.3 Å². The molecular weight excluding hydrogens is 330 g/mol. The van der Waals surface area contributed by atoms with Crippen LogP contribution >= 0.6 is 0 Å². The number of carbonyl (C=O) groups is 1. The summed E-state index contributed by atoms with van der Waals surface area (Å²) >= 11 is 0. The highest BCUT2D eigenvalue weighted by Gasteiger charge is 2.24. The molecule has 1 fully saturated rings. The topological polar surface area (TPSA) is 97.2 Å². The van der Waals surface area contributed by atoms with Crippen LogP contribution in [0.4, 0.5) is 0 Å². The Morgan fingerprint density at radius 3 is 2.96 bits per heavy atom. The number of rotatable bonds is 5. The third-order valence-electron chi connectivity index (χ3n) is 4.21. The van der Waals surface area contributed by atoms with Gasteiger partial charge in [-0.3, -0.25) is 4.79 Å². The highest BCUT2D eigenvalue weighted by molar-refractivity contribution is 7.88. The maximum atomic E-state index is 12.6. The summed E-state index contributed by atoms with van der Waals surface area (Å²) in [5.74, 6) is 0.125. The Labute approximate surface area is 140 Å². The molecule has 9 heteroatoms. The molecule has 1 unspecified atom stereocenters. The lowest BCUT2D eigenvalue weighted by Gasteiger charge is -2.32. The molecule has 2 heterocycles. The van der Waals surface area contributed by atoms with E-state index in [1.807, 2.05) is 24.3 Å². The first-order valence-electron chi connectivity index (χ1n) is 7.93. The number of amides is 1. The number of para-hydroxylation sites is 1. The van der Waals surface area contributed by atoms with Crippen LogP contribution in [-0.2, 0) is 21.4 Å². The maximum Gasteiger partial charge on any atom is 0.244 e. The fourth-order valence-electron chi connectivity index (χ4n) is 2.99. The summed E-state index contributed by atoms with van der Waals surface area (Å²) in [6, 6.07) is 7.52. The summed E-state index contributed by atoms with van der Waals surface area (Å²) in [6.45, 7) is 1.77. The molecule has 1 saturated heterocycles. The van der Waals surface area contributed by atoms with Crippen LogP contribution < -0.4 is 4.72 Å². The second kappa shape index (κ2) is 6.86. The molecule has 0 saturated carbocycles. The molecule has 1 atom stereocenters. The van der Waals surface area contributed by atoms with Crippen LogP contribution in [0.1, 0.15) is 12.8 Å². The van der Waals surface area contributed by atoms with E-state index in [0.29, 0.717) is 19.6 Å². The maximum absolute atomic E-state index is 12.6. The third kappa shape index (κ3) is 4.09. The molecular formula is C15H21N5O3S. The minimum absolute atomic E-state index is 0.0188. The molecule has 3 rings (SSSR count). The molecule has 0 radical (unpaired) electrons. The summed E-state index contributed by atoms with van der Waals surface area (Å²) in [7, 11) is -3.20. The van der Waals surface area contributed by atoms with Crippen LogP contribution in [0, 0.1) is 5.92 Å². The first kappa shape index (κ1) is 16.8. The summed E-state index contributed by atoms with van der Waals surface area (Å²) in [5, 5.41) is 8.10. The monoisotopic (exact) mass is 351 g/mol. The van der Waals surface area contributed by atoms with Crippen molar-refractivity contribution in [3.05, 3.63) is 24.3 Å². The number of nitrogens with one attached hydrogen (secondary N) is 1. The van der Waals surface area contributed by atoms with Gasteiger partial charge in [-0.05, 0) is 30.9 Å². The lowest BCUT2D eigenvalue weighted by Crippen LogP contribution is -2.44. The Morgan fingerprint density at radius 2 is 2.17 bits per heavy atom. The number of aromatic nitrogens is 3. The molecule has 0 bridgehead atoms. The van der Waals surface area contributed by atoms with Crippen molar-refractivity contribution < 1.29 is 13.2 Å². The largest absolute Gasteiger partial charge is 0.341 e. The van der Waals surface area contributed by atoms with Crippen LogP contribution in [0.5, 0.6) is 0 Å². The molecule has 1 aromatic carbocycles. The van der Waals surface area contributed by atoms with Crippen LogP contribution in [0.3, 0.4) is 0 Å².